The largest absolute Gasteiger partial charge is 0.304 e. The van der Waals surface area contributed by atoms with Gasteiger partial charge in [-0.1, -0.05) is 29.8 Å². The second-order valence-electron chi connectivity index (χ2n) is 5.17. The van der Waals surface area contributed by atoms with Crippen molar-refractivity contribution in [3.8, 4) is 10.6 Å². The Hall–Kier alpha value is -1.69. The lowest BCUT2D eigenvalue weighted by atomic mass is 10.1. The minimum atomic E-state index is 0.178. The summed E-state index contributed by atoms with van der Waals surface area (Å²) in [5, 5.41) is 11.5. The predicted molar refractivity (Wildman–Crippen MR) is 91.0 cm³/mol. The molecule has 0 amide bonds. The van der Waals surface area contributed by atoms with Gasteiger partial charge >= 0.3 is 0 Å². The Bertz CT molecular complexity index is 765. The number of rotatable bonds is 5. The Morgan fingerprint density at radius 3 is 2.91 bits per heavy atom. The molecule has 0 spiro atoms. The number of nitrogens with zero attached hydrogens (tertiary/aromatic N) is 3. The van der Waals surface area contributed by atoms with Gasteiger partial charge in [0.1, 0.15) is 5.01 Å². The number of nitrogens with one attached hydrogen (secondary N) is 1. The van der Waals surface area contributed by atoms with Crippen LogP contribution in [0.15, 0.2) is 42.0 Å². The highest BCUT2D eigenvalue weighted by Crippen LogP contribution is 2.25. The van der Waals surface area contributed by atoms with E-state index in [-0.39, 0.29) is 6.04 Å². The van der Waals surface area contributed by atoms with Gasteiger partial charge in [0, 0.05) is 41.8 Å². The molecule has 0 saturated heterocycles. The number of aromatic nitrogens is 3. The zero-order valence-electron chi connectivity index (χ0n) is 12.5. The molecule has 2 heterocycles. The predicted octanol–water partition coefficient (Wildman–Crippen LogP) is 4.05. The minimum absolute atomic E-state index is 0.178. The van der Waals surface area contributed by atoms with E-state index in [1.807, 2.05) is 43.7 Å². The van der Waals surface area contributed by atoms with Crippen LogP contribution in [0, 0.1) is 0 Å². The monoisotopic (exact) mass is 332 g/mol. The number of hydrogen-bond acceptors (Lipinski definition) is 4. The Morgan fingerprint density at radius 2 is 2.18 bits per heavy atom. The molecule has 114 valence electrons. The normalized spacial score (nSPS) is 12.5. The van der Waals surface area contributed by atoms with Crippen LogP contribution in [0.25, 0.3) is 10.6 Å². The van der Waals surface area contributed by atoms with E-state index in [9.17, 15) is 0 Å². The third-order valence-electron chi connectivity index (χ3n) is 3.46. The molecule has 6 heteroatoms. The summed E-state index contributed by atoms with van der Waals surface area (Å²) in [6, 6.07) is 8.08. The fourth-order valence-corrected chi connectivity index (χ4v) is 3.34. The smallest absolute Gasteiger partial charge is 0.126 e. The third-order valence-corrected chi connectivity index (χ3v) is 4.75. The van der Waals surface area contributed by atoms with Gasteiger partial charge < -0.3 is 5.32 Å². The second-order valence-corrected chi connectivity index (χ2v) is 6.44. The Morgan fingerprint density at radius 1 is 1.36 bits per heavy atom. The van der Waals surface area contributed by atoms with Crippen molar-refractivity contribution in [1.82, 2.24) is 20.1 Å². The molecule has 2 aromatic heterocycles. The van der Waals surface area contributed by atoms with Crippen LogP contribution in [-0.4, -0.2) is 14.8 Å². The maximum Gasteiger partial charge on any atom is 0.126 e. The summed E-state index contributed by atoms with van der Waals surface area (Å²) in [6.07, 6.45) is 3.81. The van der Waals surface area contributed by atoms with Crippen LogP contribution in [0.3, 0.4) is 0 Å². The van der Waals surface area contributed by atoms with Crippen molar-refractivity contribution < 1.29 is 0 Å². The van der Waals surface area contributed by atoms with Gasteiger partial charge in [-0.2, -0.15) is 5.10 Å². The highest BCUT2D eigenvalue weighted by atomic mass is 35.5. The summed E-state index contributed by atoms with van der Waals surface area (Å²) in [5.74, 6) is 0. The lowest BCUT2D eigenvalue weighted by Gasteiger charge is -2.14. The van der Waals surface area contributed by atoms with E-state index in [0.29, 0.717) is 6.54 Å². The van der Waals surface area contributed by atoms with Crippen LogP contribution in [-0.2, 0) is 13.6 Å². The van der Waals surface area contributed by atoms with E-state index in [4.69, 9.17) is 11.6 Å². The molecule has 0 saturated carbocycles. The molecule has 0 aliphatic carbocycles. The van der Waals surface area contributed by atoms with Crippen LogP contribution in [0.5, 0.6) is 0 Å². The first-order chi connectivity index (χ1) is 10.6. The molecular weight excluding hydrogens is 316 g/mol. The average Bonchev–Trinajstić information content (AvgIpc) is 3.14. The maximum absolute atomic E-state index is 6.22. The maximum atomic E-state index is 6.22. The number of hydrogen-bond donors (Lipinski definition) is 1. The number of thiazole rings is 1. The molecule has 1 aromatic carbocycles. The summed E-state index contributed by atoms with van der Waals surface area (Å²) >= 11 is 7.86. The van der Waals surface area contributed by atoms with Gasteiger partial charge in [-0.3, -0.25) is 4.68 Å². The minimum Gasteiger partial charge on any atom is -0.304 e. The molecule has 4 nitrogen and oxygen atoms in total. The Labute approximate surface area is 138 Å². The van der Waals surface area contributed by atoms with Gasteiger partial charge in [-0.15, -0.1) is 11.3 Å². The van der Waals surface area contributed by atoms with E-state index < -0.39 is 0 Å². The third kappa shape index (κ3) is 3.38. The Kier molecular flexibility index (Phi) is 4.57. The first-order valence-electron chi connectivity index (χ1n) is 7.04. The van der Waals surface area contributed by atoms with Gasteiger partial charge in [0.15, 0.2) is 0 Å². The first-order valence-corrected chi connectivity index (χ1v) is 8.30. The van der Waals surface area contributed by atoms with Gasteiger partial charge in [0.25, 0.3) is 0 Å². The lowest BCUT2D eigenvalue weighted by molar-refractivity contribution is 0.569. The van der Waals surface area contributed by atoms with Crippen LogP contribution in [0.1, 0.15) is 24.2 Å². The molecule has 3 aromatic rings. The molecule has 1 atom stereocenters. The lowest BCUT2D eigenvalue weighted by Crippen LogP contribution is -2.18. The van der Waals surface area contributed by atoms with Crippen molar-refractivity contribution in [3.63, 3.8) is 0 Å². The quantitative estimate of drug-likeness (QED) is 0.766. The van der Waals surface area contributed by atoms with Crippen molar-refractivity contribution >= 4 is 22.9 Å². The van der Waals surface area contributed by atoms with Crippen LogP contribution in [0.2, 0.25) is 5.02 Å². The highest BCUT2D eigenvalue weighted by molar-refractivity contribution is 7.13. The number of aryl methyl sites for hydroxylation is 1. The molecule has 0 radical (unpaired) electrons. The van der Waals surface area contributed by atoms with E-state index in [1.54, 1.807) is 16.0 Å². The molecule has 22 heavy (non-hydrogen) atoms. The molecule has 1 N–H and O–H groups in total. The Balaban J connectivity index is 1.65. The average molecular weight is 333 g/mol. The van der Waals surface area contributed by atoms with Crippen molar-refractivity contribution in [3.05, 3.63) is 58.3 Å². The van der Waals surface area contributed by atoms with Crippen molar-refractivity contribution in [2.45, 2.75) is 19.5 Å². The highest BCUT2D eigenvalue weighted by Gasteiger charge is 2.10. The molecule has 0 aliphatic rings. The van der Waals surface area contributed by atoms with Gasteiger partial charge in [-0.25, -0.2) is 4.98 Å². The van der Waals surface area contributed by atoms with Crippen molar-refractivity contribution in [1.29, 1.82) is 0 Å². The second kappa shape index (κ2) is 6.60. The molecule has 3 rings (SSSR count). The van der Waals surface area contributed by atoms with E-state index >= 15 is 0 Å². The molecular formula is C16H17ClN4S. The van der Waals surface area contributed by atoms with E-state index in [2.05, 4.69) is 27.7 Å². The zero-order chi connectivity index (χ0) is 15.5. The zero-order valence-corrected chi connectivity index (χ0v) is 14.0. The fraction of sp³-hybridized carbons (Fsp3) is 0.250. The van der Waals surface area contributed by atoms with Gasteiger partial charge in [0.2, 0.25) is 0 Å². The van der Waals surface area contributed by atoms with Gasteiger partial charge in [-0.05, 0) is 18.6 Å². The molecule has 1 unspecified atom stereocenters. The molecule has 0 aliphatic heterocycles. The standard InChI is InChI=1S/C16H17ClN4S/c1-11(14-5-3-4-6-15(14)17)18-8-13-10-22-16(20-13)12-7-19-21(2)9-12/h3-7,9-11,18H,8H2,1-2H3. The first kappa shape index (κ1) is 15.2. The van der Waals surface area contributed by atoms with Gasteiger partial charge in [0.05, 0.1) is 11.9 Å². The van der Waals surface area contributed by atoms with Crippen molar-refractivity contribution in [2.75, 3.05) is 0 Å². The summed E-state index contributed by atoms with van der Waals surface area (Å²) in [5.41, 5.74) is 3.19. The van der Waals surface area contributed by atoms with Crippen LogP contribution in [0.4, 0.5) is 0 Å². The summed E-state index contributed by atoms with van der Waals surface area (Å²) in [6.45, 7) is 2.82. The van der Waals surface area contributed by atoms with Crippen LogP contribution >= 0.6 is 22.9 Å². The summed E-state index contributed by atoms with van der Waals surface area (Å²) in [4.78, 5) is 4.65. The van der Waals surface area contributed by atoms with E-state index in [0.717, 1.165) is 26.9 Å². The summed E-state index contributed by atoms with van der Waals surface area (Å²) in [7, 11) is 1.91. The number of halogens is 1. The SMILES string of the molecule is CC(NCc1csc(-c2cnn(C)c2)n1)c1ccccc1Cl. The van der Waals surface area contributed by atoms with E-state index in [1.165, 1.54) is 0 Å². The summed E-state index contributed by atoms with van der Waals surface area (Å²) < 4.78 is 1.79. The number of benzene rings is 1. The van der Waals surface area contributed by atoms with Crippen LogP contribution < -0.4 is 5.32 Å². The molecule has 0 fully saturated rings. The topological polar surface area (TPSA) is 42.7 Å². The van der Waals surface area contributed by atoms with Crippen molar-refractivity contribution in [2.24, 2.45) is 7.05 Å². The molecule has 0 bridgehead atoms. The fourth-order valence-electron chi connectivity index (χ4n) is 2.25.